The molecule has 0 aromatic heterocycles. The third kappa shape index (κ3) is 3.69. The summed E-state index contributed by atoms with van der Waals surface area (Å²) >= 11 is 0. The molecule has 0 saturated heterocycles. The standard InChI is InChI=1S/C17H26N2O2/c1-3-19(11-13-4-5-13)12-15(18-2)14-6-7-16-17(10-14)21-9-8-20-16/h6-7,10,13,15,18H,3-5,8-9,11-12H2,1-2H3. The van der Waals surface area contributed by atoms with E-state index in [4.69, 9.17) is 9.47 Å². The summed E-state index contributed by atoms with van der Waals surface area (Å²) in [5.74, 6) is 2.68. The minimum atomic E-state index is 0.333. The SMILES string of the molecule is CCN(CC1CC1)CC(NC)c1ccc2c(c1)OCCO2. The highest BCUT2D eigenvalue weighted by Gasteiger charge is 2.25. The summed E-state index contributed by atoms with van der Waals surface area (Å²) in [6, 6.07) is 6.64. The fourth-order valence-corrected chi connectivity index (χ4v) is 2.90. The Balaban J connectivity index is 1.69. The molecule has 4 heteroatoms. The van der Waals surface area contributed by atoms with Crippen molar-refractivity contribution in [3.63, 3.8) is 0 Å². The maximum absolute atomic E-state index is 5.70. The molecule has 1 saturated carbocycles. The molecule has 0 spiro atoms. The van der Waals surface area contributed by atoms with E-state index in [-0.39, 0.29) is 0 Å². The third-order valence-electron chi connectivity index (χ3n) is 4.42. The molecule has 1 fully saturated rings. The molecule has 1 aliphatic heterocycles. The van der Waals surface area contributed by atoms with Crippen LogP contribution in [-0.4, -0.2) is 44.8 Å². The molecule has 1 aromatic rings. The number of hydrogen-bond donors (Lipinski definition) is 1. The third-order valence-corrected chi connectivity index (χ3v) is 4.42. The number of benzene rings is 1. The van der Waals surface area contributed by atoms with E-state index >= 15 is 0 Å². The summed E-state index contributed by atoms with van der Waals surface area (Å²) in [7, 11) is 2.03. The zero-order valence-electron chi connectivity index (χ0n) is 13.1. The minimum absolute atomic E-state index is 0.333. The second kappa shape index (κ2) is 6.67. The monoisotopic (exact) mass is 290 g/mol. The van der Waals surface area contributed by atoms with Crippen molar-refractivity contribution in [2.24, 2.45) is 5.92 Å². The maximum atomic E-state index is 5.70. The Labute approximate surface area is 127 Å². The van der Waals surface area contributed by atoms with E-state index in [1.807, 2.05) is 13.1 Å². The van der Waals surface area contributed by atoms with Crippen molar-refractivity contribution in [3.8, 4) is 11.5 Å². The molecular weight excluding hydrogens is 264 g/mol. The first-order valence-corrected chi connectivity index (χ1v) is 8.09. The normalized spacial score (nSPS) is 18.8. The highest BCUT2D eigenvalue weighted by atomic mass is 16.6. The van der Waals surface area contributed by atoms with Gasteiger partial charge in [0.25, 0.3) is 0 Å². The molecule has 1 atom stereocenters. The van der Waals surface area contributed by atoms with Gasteiger partial charge in [0.2, 0.25) is 0 Å². The lowest BCUT2D eigenvalue weighted by Gasteiger charge is -2.27. The van der Waals surface area contributed by atoms with E-state index < -0.39 is 0 Å². The van der Waals surface area contributed by atoms with Gasteiger partial charge in [0.05, 0.1) is 0 Å². The Hall–Kier alpha value is -1.26. The largest absolute Gasteiger partial charge is 0.486 e. The van der Waals surface area contributed by atoms with Gasteiger partial charge in [0.15, 0.2) is 11.5 Å². The molecule has 4 nitrogen and oxygen atoms in total. The molecule has 0 radical (unpaired) electrons. The highest BCUT2D eigenvalue weighted by molar-refractivity contribution is 5.44. The number of nitrogens with one attached hydrogen (secondary N) is 1. The lowest BCUT2D eigenvalue weighted by atomic mass is 10.1. The van der Waals surface area contributed by atoms with Crippen LogP contribution in [0.1, 0.15) is 31.4 Å². The van der Waals surface area contributed by atoms with Gasteiger partial charge in [-0.1, -0.05) is 13.0 Å². The summed E-state index contributed by atoms with van der Waals surface area (Å²) in [6.07, 6.45) is 2.81. The number of hydrogen-bond acceptors (Lipinski definition) is 4. The van der Waals surface area contributed by atoms with Crippen LogP contribution in [-0.2, 0) is 0 Å². The van der Waals surface area contributed by atoms with E-state index in [1.165, 1.54) is 24.9 Å². The fourth-order valence-electron chi connectivity index (χ4n) is 2.90. The van der Waals surface area contributed by atoms with Crippen molar-refractivity contribution >= 4 is 0 Å². The van der Waals surface area contributed by atoms with Gasteiger partial charge in [-0.15, -0.1) is 0 Å². The van der Waals surface area contributed by atoms with E-state index in [0.717, 1.165) is 30.5 Å². The number of fused-ring (bicyclic) bond motifs is 1. The number of rotatable bonds is 7. The van der Waals surface area contributed by atoms with E-state index in [9.17, 15) is 0 Å². The predicted octanol–water partition coefficient (Wildman–Crippen LogP) is 2.45. The quantitative estimate of drug-likeness (QED) is 0.836. The summed E-state index contributed by atoms with van der Waals surface area (Å²) in [4.78, 5) is 2.55. The number of ether oxygens (including phenoxy) is 2. The van der Waals surface area contributed by atoms with E-state index in [0.29, 0.717) is 19.3 Å². The smallest absolute Gasteiger partial charge is 0.161 e. The van der Waals surface area contributed by atoms with Gasteiger partial charge in [0, 0.05) is 19.1 Å². The first-order chi connectivity index (χ1) is 10.3. The maximum Gasteiger partial charge on any atom is 0.161 e. The fraction of sp³-hybridized carbons (Fsp3) is 0.647. The average Bonchev–Trinajstić information content (AvgIpc) is 3.35. The molecule has 1 aliphatic carbocycles. The Bertz CT molecular complexity index is 474. The van der Waals surface area contributed by atoms with Crippen molar-refractivity contribution < 1.29 is 9.47 Å². The molecule has 0 amide bonds. The minimum Gasteiger partial charge on any atom is -0.486 e. The second-order valence-electron chi connectivity index (χ2n) is 6.04. The van der Waals surface area contributed by atoms with Crippen molar-refractivity contribution in [2.75, 3.05) is 39.9 Å². The van der Waals surface area contributed by atoms with Crippen LogP contribution < -0.4 is 14.8 Å². The first kappa shape index (κ1) is 14.7. The lowest BCUT2D eigenvalue weighted by molar-refractivity contribution is 0.171. The highest BCUT2D eigenvalue weighted by Crippen LogP contribution is 2.33. The van der Waals surface area contributed by atoms with Gasteiger partial charge < -0.3 is 19.7 Å². The zero-order chi connectivity index (χ0) is 14.7. The van der Waals surface area contributed by atoms with E-state index in [2.05, 4.69) is 29.3 Å². The van der Waals surface area contributed by atoms with Crippen molar-refractivity contribution in [1.82, 2.24) is 10.2 Å². The van der Waals surface area contributed by atoms with Crippen molar-refractivity contribution in [2.45, 2.75) is 25.8 Å². The predicted molar refractivity (Wildman–Crippen MR) is 84.1 cm³/mol. The van der Waals surface area contributed by atoms with E-state index in [1.54, 1.807) is 0 Å². The Morgan fingerprint density at radius 3 is 2.67 bits per heavy atom. The van der Waals surface area contributed by atoms with Crippen LogP contribution in [0.15, 0.2) is 18.2 Å². The Kier molecular flexibility index (Phi) is 4.66. The molecule has 1 heterocycles. The number of likely N-dealkylation sites (N-methyl/N-ethyl adjacent to an activating group) is 2. The van der Waals surface area contributed by atoms with Gasteiger partial charge in [-0.25, -0.2) is 0 Å². The van der Waals surface area contributed by atoms with Gasteiger partial charge in [0.1, 0.15) is 13.2 Å². The average molecular weight is 290 g/mol. The van der Waals surface area contributed by atoms with Gasteiger partial charge in [-0.3, -0.25) is 0 Å². The van der Waals surface area contributed by atoms with Gasteiger partial charge in [-0.2, -0.15) is 0 Å². The second-order valence-corrected chi connectivity index (χ2v) is 6.04. The Morgan fingerprint density at radius 1 is 1.24 bits per heavy atom. The molecular formula is C17H26N2O2. The lowest BCUT2D eigenvalue weighted by Crippen LogP contribution is -2.35. The molecule has 1 aromatic carbocycles. The molecule has 21 heavy (non-hydrogen) atoms. The molecule has 1 N–H and O–H groups in total. The summed E-state index contributed by atoms with van der Waals surface area (Å²) in [6.45, 7) is 6.93. The van der Waals surface area contributed by atoms with Crippen LogP contribution in [0.2, 0.25) is 0 Å². The topological polar surface area (TPSA) is 33.7 Å². The summed E-state index contributed by atoms with van der Waals surface area (Å²) in [5, 5.41) is 3.45. The molecule has 2 aliphatic rings. The summed E-state index contributed by atoms with van der Waals surface area (Å²) in [5.41, 5.74) is 1.27. The van der Waals surface area contributed by atoms with Crippen LogP contribution in [0.25, 0.3) is 0 Å². The molecule has 116 valence electrons. The zero-order valence-corrected chi connectivity index (χ0v) is 13.1. The molecule has 1 unspecified atom stereocenters. The van der Waals surface area contributed by atoms with Crippen LogP contribution in [0, 0.1) is 5.92 Å². The van der Waals surface area contributed by atoms with Crippen LogP contribution >= 0.6 is 0 Å². The van der Waals surface area contributed by atoms with Gasteiger partial charge >= 0.3 is 0 Å². The van der Waals surface area contributed by atoms with Crippen molar-refractivity contribution in [3.05, 3.63) is 23.8 Å². The van der Waals surface area contributed by atoms with Crippen LogP contribution in [0.5, 0.6) is 11.5 Å². The Morgan fingerprint density at radius 2 is 2.00 bits per heavy atom. The molecule has 0 bridgehead atoms. The summed E-state index contributed by atoms with van der Waals surface area (Å²) < 4.78 is 11.3. The number of nitrogens with zero attached hydrogens (tertiary/aromatic N) is 1. The van der Waals surface area contributed by atoms with Gasteiger partial charge in [-0.05, 0) is 50.0 Å². The first-order valence-electron chi connectivity index (χ1n) is 8.09. The molecule has 3 rings (SSSR count). The van der Waals surface area contributed by atoms with Crippen molar-refractivity contribution in [1.29, 1.82) is 0 Å². The van der Waals surface area contributed by atoms with Crippen LogP contribution in [0.4, 0.5) is 0 Å². The van der Waals surface area contributed by atoms with Crippen LogP contribution in [0.3, 0.4) is 0 Å².